The number of carbonyl (C=O) groups excluding carboxylic acids is 1. The van der Waals surface area contributed by atoms with Gasteiger partial charge in [-0.25, -0.2) is 0 Å². The molecular weight excluding hydrogens is 338 g/mol. The van der Waals surface area contributed by atoms with Crippen molar-refractivity contribution in [3.05, 3.63) is 24.3 Å². The molecule has 2 N–H and O–H groups in total. The molecule has 1 aliphatic carbocycles. The zero-order valence-corrected chi connectivity index (χ0v) is 17.2. The third-order valence-corrected chi connectivity index (χ3v) is 6.36. The molecule has 0 bridgehead atoms. The Hall–Kier alpha value is -1.75. The van der Waals surface area contributed by atoms with Crippen LogP contribution in [0.1, 0.15) is 46.5 Å². The number of hydrogen-bond donors (Lipinski definition) is 2. The van der Waals surface area contributed by atoms with Crippen LogP contribution in [0, 0.1) is 5.92 Å². The summed E-state index contributed by atoms with van der Waals surface area (Å²) in [5.41, 5.74) is 1.17. The molecule has 2 fully saturated rings. The van der Waals surface area contributed by atoms with E-state index in [0.717, 1.165) is 38.3 Å². The van der Waals surface area contributed by atoms with E-state index in [1.807, 2.05) is 19.1 Å². The third-order valence-electron chi connectivity index (χ3n) is 6.36. The van der Waals surface area contributed by atoms with E-state index in [1.165, 1.54) is 29.8 Å². The summed E-state index contributed by atoms with van der Waals surface area (Å²) in [6.07, 6.45) is 4.93. The first-order chi connectivity index (χ1) is 13.1. The van der Waals surface area contributed by atoms with Crippen LogP contribution in [0.25, 0.3) is 0 Å². The lowest BCUT2D eigenvalue weighted by Gasteiger charge is -2.37. The fourth-order valence-corrected chi connectivity index (χ4v) is 4.49. The number of para-hydroxylation sites is 2. The second kappa shape index (κ2) is 9.45. The summed E-state index contributed by atoms with van der Waals surface area (Å²) in [4.78, 5) is 16.6. The lowest BCUT2D eigenvalue weighted by molar-refractivity contribution is -0.914. The summed E-state index contributed by atoms with van der Waals surface area (Å²) in [5, 5.41) is 3.34. The number of nitrogens with zero attached hydrogens (tertiary/aromatic N) is 1. The van der Waals surface area contributed by atoms with Crippen molar-refractivity contribution in [3.8, 4) is 5.75 Å². The molecule has 1 aromatic carbocycles. The molecule has 2 aliphatic rings. The van der Waals surface area contributed by atoms with Gasteiger partial charge >= 0.3 is 0 Å². The van der Waals surface area contributed by atoms with Crippen LogP contribution in [0.15, 0.2) is 24.3 Å². The van der Waals surface area contributed by atoms with E-state index in [9.17, 15) is 4.79 Å². The molecule has 1 amide bonds. The number of ether oxygens (including phenoxy) is 1. The van der Waals surface area contributed by atoms with Gasteiger partial charge < -0.3 is 19.9 Å². The molecule has 150 valence electrons. The van der Waals surface area contributed by atoms with Gasteiger partial charge in [-0.05, 0) is 44.7 Å². The fraction of sp³-hybridized carbons (Fsp3) is 0.682. The van der Waals surface area contributed by atoms with E-state index in [2.05, 4.69) is 36.2 Å². The van der Waals surface area contributed by atoms with Crippen molar-refractivity contribution in [2.45, 2.75) is 58.5 Å². The topological polar surface area (TPSA) is 46.0 Å². The predicted octanol–water partition coefficient (Wildman–Crippen LogP) is 1.87. The van der Waals surface area contributed by atoms with Crippen LogP contribution in [0.2, 0.25) is 0 Å². The van der Waals surface area contributed by atoms with Crippen molar-refractivity contribution in [3.63, 3.8) is 0 Å². The van der Waals surface area contributed by atoms with Gasteiger partial charge in [0, 0.05) is 6.04 Å². The quantitative estimate of drug-likeness (QED) is 0.799. The Balaban J connectivity index is 1.53. The second-order valence-corrected chi connectivity index (χ2v) is 8.14. The molecule has 0 aromatic heterocycles. The lowest BCUT2D eigenvalue weighted by atomic mass is 9.86. The minimum atomic E-state index is 0.0170. The van der Waals surface area contributed by atoms with Crippen LogP contribution in [0.3, 0.4) is 0 Å². The smallest absolute Gasteiger partial charge is 0.278 e. The molecule has 1 aliphatic heterocycles. The summed E-state index contributed by atoms with van der Waals surface area (Å²) in [6.45, 7) is 10.9. The molecule has 5 nitrogen and oxygen atoms in total. The molecule has 1 saturated carbocycles. The number of amides is 1. The normalized spacial score (nSPS) is 25.1. The Labute approximate surface area is 164 Å². The number of nitrogens with one attached hydrogen (secondary N) is 2. The Morgan fingerprint density at radius 3 is 2.67 bits per heavy atom. The van der Waals surface area contributed by atoms with E-state index < -0.39 is 0 Å². The average Bonchev–Trinajstić information content (AvgIpc) is 2.70. The van der Waals surface area contributed by atoms with Gasteiger partial charge in [0.05, 0.1) is 38.5 Å². The molecule has 0 unspecified atom stereocenters. The molecular formula is C22H36N3O2+. The standard InChI is InChI=1S/C22H35N3O2/c1-4-27-21-12-8-7-11-20(21)25-15-13-24(14-16-25)18(3)22(26)23-19-10-6-5-9-17(19)2/h7-8,11-12,17-19H,4-6,9-10,13-16H2,1-3H3,(H,23,26)/p+1/t17-,18+,19+/m0/s1. The molecule has 1 aromatic rings. The molecule has 1 saturated heterocycles. The van der Waals surface area contributed by atoms with E-state index in [4.69, 9.17) is 4.74 Å². The Bertz CT molecular complexity index is 613. The summed E-state index contributed by atoms with van der Waals surface area (Å²) in [5.74, 6) is 1.80. The van der Waals surface area contributed by atoms with Crippen molar-refractivity contribution >= 4 is 11.6 Å². The monoisotopic (exact) mass is 374 g/mol. The van der Waals surface area contributed by atoms with Crippen LogP contribution in [0.5, 0.6) is 5.75 Å². The molecule has 1 heterocycles. The number of rotatable bonds is 6. The first-order valence-electron chi connectivity index (χ1n) is 10.7. The minimum absolute atomic E-state index is 0.0170. The van der Waals surface area contributed by atoms with Gasteiger partial charge in [-0.3, -0.25) is 4.79 Å². The number of hydrogen-bond acceptors (Lipinski definition) is 3. The van der Waals surface area contributed by atoms with Gasteiger partial charge in [0.25, 0.3) is 5.91 Å². The molecule has 3 atom stereocenters. The molecule has 0 spiro atoms. The van der Waals surface area contributed by atoms with Gasteiger partial charge in [0.1, 0.15) is 5.75 Å². The maximum atomic E-state index is 12.8. The van der Waals surface area contributed by atoms with E-state index in [1.54, 1.807) is 0 Å². The van der Waals surface area contributed by atoms with Crippen LogP contribution >= 0.6 is 0 Å². The summed E-state index contributed by atoms with van der Waals surface area (Å²) < 4.78 is 5.78. The minimum Gasteiger partial charge on any atom is -0.492 e. The highest BCUT2D eigenvalue weighted by atomic mass is 16.5. The van der Waals surface area contributed by atoms with Crippen LogP contribution in [-0.4, -0.2) is 50.8 Å². The van der Waals surface area contributed by atoms with Crippen molar-refractivity contribution < 1.29 is 14.4 Å². The maximum Gasteiger partial charge on any atom is 0.278 e. The van der Waals surface area contributed by atoms with Crippen LogP contribution < -0.4 is 19.9 Å². The Morgan fingerprint density at radius 1 is 1.26 bits per heavy atom. The SMILES string of the molecule is CCOc1ccccc1N1CC[NH+]([C@H](C)C(=O)N[C@@H]2CCCC[C@@H]2C)CC1. The molecule has 0 radical (unpaired) electrons. The largest absolute Gasteiger partial charge is 0.492 e. The Morgan fingerprint density at radius 2 is 1.96 bits per heavy atom. The summed E-state index contributed by atoms with van der Waals surface area (Å²) in [7, 11) is 0. The zero-order valence-electron chi connectivity index (χ0n) is 17.2. The van der Waals surface area contributed by atoms with Gasteiger partial charge in [0.2, 0.25) is 0 Å². The highest BCUT2D eigenvalue weighted by Crippen LogP contribution is 2.28. The van der Waals surface area contributed by atoms with Gasteiger partial charge in [-0.2, -0.15) is 0 Å². The Kier molecular flexibility index (Phi) is 7.00. The number of carbonyl (C=O) groups is 1. The van der Waals surface area contributed by atoms with Crippen molar-refractivity contribution in [2.24, 2.45) is 5.92 Å². The molecule has 27 heavy (non-hydrogen) atoms. The summed E-state index contributed by atoms with van der Waals surface area (Å²) in [6, 6.07) is 8.65. The van der Waals surface area contributed by atoms with E-state index >= 15 is 0 Å². The maximum absolute atomic E-state index is 12.8. The lowest BCUT2D eigenvalue weighted by Crippen LogP contribution is -3.19. The zero-order chi connectivity index (χ0) is 19.2. The van der Waals surface area contributed by atoms with Gasteiger partial charge in [0.15, 0.2) is 6.04 Å². The van der Waals surface area contributed by atoms with Crippen molar-refractivity contribution in [1.29, 1.82) is 0 Å². The van der Waals surface area contributed by atoms with Gasteiger partial charge in [-0.1, -0.05) is 31.9 Å². The molecule has 3 rings (SSSR count). The summed E-state index contributed by atoms with van der Waals surface area (Å²) >= 11 is 0. The van der Waals surface area contributed by atoms with E-state index in [-0.39, 0.29) is 11.9 Å². The highest BCUT2D eigenvalue weighted by molar-refractivity contribution is 5.80. The van der Waals surface area contributed by atoms with Crippen LogP contribution in [0.4, 0.5) is 5.69 Å². The first-order valence-corrected chi connectivity index (χ1v) is 10.7. The van der Waals surface area contributed by atoms with E-state index in [0.29, 0.717) is 18.6 Å². The van der Waals surface area contributed by atoms with Crippen molar-refractivity contribution in [2.75, 3.05) is 37.7 Å². The number of anilines is 1. The van der Waals surface area contributed by atoms with Gasteiger partial charge in [-0.15, -0.1) is 0 Å². The first kappa shape index (κ1) is 20.0. The number of benzene rings is 1. The van der Waals surface area contributed by atoms with Crippen molar-refractivity contribution in [1.82, 2.24) is 5.32 Å². The molecule has 5 heteroatoms. The third kappa shape index (κ3) is 4.95. The second-order valence-electron chi connectivity index (χ2n) is 8.14. The number of piperazine rings is 1. The average molecular weight is 375 g/mol. The fourth-order valence-electron chi connectivity index (χ4n) is 4.49. The predicted molar refractivity (Wildman–Crippen MR) is 110 cm³/mol. The number of quaternary nitrogens is 1. The van der Waals surface area contributed by atoms with Crippen LogP contribution in [-0.2, 0) is 4.79 Å². The highest BCUT2D eigenvalue weighted by Gasteiger charge is 2.32.